The molecule has 0 aliphatic rings. The molecule has 1 heterocycles. The highest BCUT2D eigenvalue weighted by molar-refractivity contribution is 6.00. The van der Waals surface area contributed by atoms with Gasteiger partial charge < -0.3 is 14.2 Å². The molecule has 0 aliphatic carbocycles. The minimum Gasteiger partial charge on any atom is -0.496 e. The third kappa shape index (κ3) is 4.87. The zero-order valence-corrected chi connectivity index (χ0v) is 17.5. The van der Waals surface area contributed by atoms with Crippen LogP contribution in [0, 0.1) is 13.8 Å². The molecule has 0 radical (unpaired) electrons. The number of pyridine rings is 1. The van der Waals surface area contributed by atoms with Gasteiger partial charge in [0.25, 0.3) is 0 Å². The molecule has 0 saturated carbocycles. The maximum atomic E-state index is 9.76. The Balaban J connectivity index is 1.97. The van der Waals surface area contributed by atoms with Crippen molar-refractivity contribution in [2.75, 3.05) is 14.2 Å². The molecule has 0 fully saturated rings. The molecule has 156 valence electrons. The fraction of sp³-hybridized carbons (Fsp3) is 0.217. The van der Waals surface area contributed by atoms with Crippen LogP contribution in [-0.4, -0.2) is 30.2 Å². The lowest BCUT2D eigenvalue weighted by atomic mass is 10.2. The van der Waals surface area contributed by atoms with Gasteiger partial charge in [0.1, 0.15) is 5.75 Å². The normalized spacial score (nSPS) is 11.2. The van der Waals surface area contributed by atoms with E-state index < -0.39 is 0 Å². The van der Waals surface area contributed by atoms with E-state index in [2.05, 4.69) is 15.5 Å². The van der Waals surface area contributed by atoms with E-state index in [9.17, 15) is 5.21 Å². The number of methoxy groups -OCH3 is 2. The molecule has 0 atom stereocenters. The van der Waals surface area contributed by atoms with E-state index in [-0.39, 0.29) is 5.84 Å². The monoisotopic (exact) mass is 407 g/mol. The van der Waals surface area contributed by atoms with Crippen LogP contribution in [-0.2, 0) is 6.54 Å². The second kappa shape index (κ2) is 9.76. The number of nitrogens with zero attached hydrogens (tertiary/aromatic N) is 2. The molecular weight excluding hydrogens is 382 g/mol. The molecule has 0 bridgehead atoms. The highest BCUT2D eigenvalue weighted by atomic mass is 16.5. The van der Waals surface area contributed by atoms with Crippen LogP contribution in [0.5, 0.6) is 23.1 Å². The summed E-state index contributed by atoms with van der Waals surface area (Å²) in [6.07, 6.45) is 0. The molecule has 0 saturated heterocycles. The number of ether oxygens (including phenoxy) is 3. The summed E-state index contributed by atoms with van der Waals surface area (Å²) < 4.78 is 16.8. The summed E-state index contributed by atoms with van der Waals surface area (Å²) in [6.45, 7) is 4.13. The van der Waals surface area contributed by atoms with Crippen molar-refractivity contribution in [2.24, 2.45) is 4.99 Å². The van der Waals surface area contributed by atoms with Crippen molar-refractivity contribution in [1.29, 1.82) is 0 Å². The smallest absolute Gasteiger partial charge is 0.230 e. The maximum Gasteiger partial charge on any atom is 0.230 e. The maximum absolute atomic E-state index is 9.76. The van der Waals surface area contributed by atoms with Crippen molar-refractivity contribution in [3.8, 4) is 23.1 Å². The van der Waals surface area contributed by atoms with E-state index in [0.29, 0.717) is 29.5 Å². The quantitative estimate of drug-likeness (QED) is 0.342. The van der Waals surface area contributed by atoms with E-state index in [4.69, 9.17) is 14.2 Å². The Hall–Kier alpha value is -3.58. The summed E-state index contributed by atoms with van der Waals surface area (Å²) >= 11 is 0. The molecule has 2 aromatic carbocycles. The van der Waals surface area contributed by atoms with Crippen molar-refractivity contribution >= 4 is 5.84 Å². The van der Waals surface area contributed by atoms with Gasteiger partial charge in [-0.3, -0.25) is 15.7 Å². The van der Waals surface area contributed by atoms with Gasteiger partial charge in [-0.15, -0.1) is 0 Å². The first-order chi connectivity index (χ1) is 14.5. The summed E-state index contributed by atoms with van der Waals surface area (Å²) in [5.41, 5.74) is 5.38. The Labute approximate surface area is 175 Å². The summed E-state index contributed by atoms with van der Waals surface area (Å²) in [7, 11) is 3.19. The molecule has 0 unspecified atom stereocenters. The number of aliphatic imine (C=N–C) groups is 1. The third-order valence-corrected chi connectivity index (χ3v) is 4.49. The number of hydrogen-bond acceptors (Lipinski definition) is 6. The van der Waals surface area contributed by atoms with Crippen LogP contribution in [0.25, 0.3) is 0 Å². The average molecular weight is 407 g/mol. The van der Waals surface area contributed by atoms with Gasteiger partial charge in [0.05, 0.1) is 26.3 Å². The van der Waals surface area contributed by atoms with Gasteiger partial charge in [0.2, 0.25) is 5.88 Å². The van der Waals surface area contributed by atoms with Crippen LogP contribution >= 0.6 is 0 Å². The number of hydrogen-bond donors (Lipinski definition) is 2. The Morgan fingerprint density at radius 2 is 1.73 bits per heavy atom. The van der Waals surface area contributed by atoms with E-state index >= 15 is 0 Å². The van der Waals surface area contributed by atoms with Gasteiger partial charge in [-0.2, -0.15) is 0 Å². The Morgan fingerprint density at radius 1 is 0.967 bits per heavy atom. The van der Waals surface area contributed by atoms with Crippen molar-refractivity contribution < 1.29 is 19.4 Å². The van der Waals surface area contributed by atoms with Gasteiger partial charge in [-0.25, -0.2) is 4.98 Å². The number of aryl methyl sites for hydroxylation is 2. The van der Waals surface area contributed by atoms with Crippen molar-refractivity contribution in [3.05, 3.63) is 77.0 Å². The molecule has 7 nitrogen and oxygen atoms in total. The van der Waals surface area contributed by atoms with Crippen LogP contribution in [0.2, 0.25) is 0 Å². The summed E-state index contributed by atoms with van der Waals surface area (Å²) in [6, 6.07) is 16.8. The van der Waals surface area contributed by atoms with Crippen molar-refractivity contribution in [1.82, 2.24) is 10.5 Å². The molecule has 3 rings (SSSR count). The average Bonchev–Trinajstić information content (AvgIpc) is 2.76. The molecule has 0 amide bonds. The van der Waals surface area contributed by atoms with Crippen LogP contribution < -0.4 is 19.7 Å². The lowest BCUT2D eigenvalue weighted by Gasteiger charge is -2.15. The molecular formula is C23H25N3O4. The van der Waals surface area contributed by atoms with Crippen LogP contribution in [0.15, 0.2) is 59.6 Å². The predicted molar refractivity (Wildman–Crippen MR) is 115 cm³/mol. The van der Waals surface area contributed by atoms with Crippen molar-refractivity contribution in [2.45, 2.75) is 20.4 Å². The Kier molecular flexibility index (Phi) is 6.87. The highest BCUT2D eigenvalue weighted by Gasteiger charge is 2.16. The minimum absolute atomic E-state index is 0.231. The first kappa shape index (κ1) is 21.1. The van der Waals surface area contributed by atoms with Gasteiger partial charge >= 0.3 is 0 Å². The van der Waals surface area contributed by atoms with Crippen molar-refractivity contribution in [3.63, 3.8) is 0 Å². The van der Waals surface area contributed by atoms with E-state index in [0.717, 1.165) is 22.6 Å². The molecule has 30 heavy (non-hydrogen) atoms. The number of aromatic nitrogens is 1. The second-order valence-corrected chi connectivity index (χ2v) is 6.65. The number of rotatable bonds is 7. The second-order valence-electron chi connectivity index (χ2n) is 6.65. The standard InChI is InChI=1S/C23H25N3O4/c1-15-9-12-20(21(13-15)29-4)30-23-18(11-10-16(2)25-23)22(26-27)24-14-17-7-5-6-8-19(17)28-3/h5-13,27H,14H2,1-4H3,(H,24,26). The molecule has 2 N–H and O–H groups in total. The van der Waals surface area contributed by atoms with Crippen LogP contribution in [0.4, 0.5) is 0 Å². The summed E-state index contributed by atoms with van der Waals surface area (Å²) in [4.78, 5) is 8.99. The molecule has 0 spiro atoms. The first-order valence-electron chi connectivity index (χ1n) is 9.42. The van der Waals surface area contributed by atoms with Gasteiger partial charge in [0, 0.05) is 11.3 Å². The van der Waals surface area contributed by atoms with Gasteiger partial charge in [-0.05, 0) is 49.7 Å². The van der Waals surface area contributed by atoms with Gasteiger partial charge in [-0.1, -0.05) is 24.3 Å². The summed E-state index contributed by atoms with van der Waals surface area (Å²) in [5, 5.41) is 9.76. The lowest BCUT2D eigenvalue weighted by molar-refractivity contribution is 0.234. The molecule has 3 aromatic rings. The third-order valence-electron chi connectivity index (χ3n) is 4.49. The molecule has 0 aliphatic heterocycles. The Bertz CT molecular complexity index is 1050. The number of nitrogens with one attached hydrogen (secondary N) is 1. The fourth-order valence-corrected chi connectivity index (χ4v) is 2.93. The zero-order chi connectivity index (χ0) is 21.5. The zero-order valence-electron chi connectivity index (χ0n) is 17.5. The fourth-order valence-electron chi connectivity index (χ4n) is 2.93. The number of amidine groups is 1. The largest absolute Gasteiger partial charge is 0.496 e. The number of benzene rings is 2. The van der Waals surface area contributed by atoms with E-state index in [1.165, 1.54) is 0 Å². The number of para-hydroxylation sites is 1. The minimum atomic E-state index is 0.231. The lowest BCUT2D eigenvalue weighted by Crippen LogP contribution is -2.22. The van der Waals surface area contributed by atoms with Crippen LogP contribution in [0.3, 0.4) is 0 Å². The first-order valence-corrected chi connectivity index (χ1v) is 9.42. The molecule has 7 heteroatoms. The van der Waals surface area contributed by atoms with E-state index in [1.807, 2.05) is 62.4 Å². The Morgan fingerprint density at radius 3 is 2.47 bits per heavy atom. The number of hydroxylamine groups is 1. The van der Waals surface area contributed by atoms with E-state index in [1.54, 1.807) is 20.3 Å². The SMILES string of the molecule is COc1ccccc1CN=C(NO)c1ccc(C)nc1Oc1ccc(C)cc1OC. The highest BCUT2D eigenvalue weighted by Crippen LogP contribution is 2.33. The predicted octanol–water partition coefficient (Wildman–Crippen LogP) is 4.43. The van der Waals surface area contributed by atoms with Gasteiger partial charge in [0.15, 0.2) is 17.3 Å². The topological polar surface area (TPSA) is 85.2 Å². The summed E-state index contributed by atoms with van der Waals surface area (Å²) in [5.74, 6) is 2.37. The molecule has 1 aromatic heterocycles. The van der Waals surface area contributed by atoms with Crippen LogP contribution in [0.1, 0.15) is 22.4 Å².